The Morgan fingerprint density at radius 1 is 1.25 bits per heavy atom. The van der Waals surface area contributed by atoms with Crippen molar-refractivity contribution in [3.05, 3.63) is 65.5 Å². The van der Waals surface area contributed by atoms with Crippen LogP contribution in [0.4, 0.5) is 10.1 Å². The molecule has 0 aliphatic carbocycles. The van der Waals surface area contributed by atoms with Crippen LogP contribution < -0.4 is 5.32 Å². The maximum absolute atomic E-state index is 13.1. The third kappa shape index (κ3) is 3.81. The molecule has 0 saturated carbocycles. The standard InChI is InChI=1S/C16H15ClFNO/c1-11(17)14-7-2-3-8-15(14)19-16(20)10-12-5-4-6-13(18)9-12/h2-9,11H,10H2,1H3,(H,19,20). The Morgan fingerprint density at radius 3 is 2.70 bits per heavy atom. The maximum Gasteiger partial charge on any atom is 0.228 e. The predicted molar refractivity (Wildman–Crippen MR) is 79.4 cm³/mol. The van der Waals surface area contributed by atoms with E-state index in [1.807, 2.05) is 25.1 Å². The number of halogens is 2. The first-order chi connectivity index (χ1) is 9.56. The number of benzene rings is 2. The van der Waals surface area contributed by atoms with E-state index in [2.05, 4.69) is 5.32 Å². The van der Waals surface area contributed by atoms with E-state index in [1.165, 1.54) is 12.1 Å². The van der Waals surface area contributed by atoms with Crippen molar-refractivity contribution in [3.8, 4) is 0 Å². The Hall–Kier alpha value is -1.87. The summed E-state index contributed by atoms with van der Waals surface area (Å²) >= 11 is 6.07. The Balaban J connectivity index is 2.09. The molecule has 0 saturated heterocycles. The highest BCUT2D eigenvalue weighted by atomic mass is 35.5. The van der Waals surface area contributed by atoms with E-state index in [0.29, 0.717) is 11.3 Å². The lowest BCUT2D eigenvalue weighted by atomic mass is 10.1. The first-order valence-electron chi connectivity index (χ1n) is 6.33. The highest BCUT2D eigenvalue weighted by Gasteiger charge is 2.10. The first-order valence-corrected chi connectivity index (χ1v) is 6.77. The zero-order chi connectivity index (χ0) is 14.5. The Kier molecular flexibility index (Phi) is 4.74. The van der Waals surface area contributed by atoms with Crippen LogP contribution in [0.15, 0.2) is 48.5 Å². The van der Waals surface area contributed by atoms with Crippen molar-refractivity contribution in [2.45, 2.75) is 18.7 Å². The SMILES string of the molecule is CC(Cl)c1ccccc1NC(=O)Cc1cccc(F)c1. The van der Waals surface area contributed by atoms with Crippen LogP contribution in [-0.4, -0.2) is 5.91 Å². The third-order valence-corrected chi connectivity index (χ3v) is 3.15. The molecule has 1 amide bonds. The number of hydrogen-bond donors (Lipinski definition) is 1. The van der Waals surface area contributed by atoms with Crippen LogP contribution in [0.2, 0.25) is 0 Å². The van der Waals surface area contributed by atoms with Gasteiger partial charge in [-0.25, -0.2) is 4.39 Å². The molecule has 2 rings (SSSR count). The van der Waals surface area contributed by atoms with Gasteiger partial charge in [-0.15, -0.1) is 11.6 Å². The fraction of sp³-hybridized carbons (Fsp3) is 0.188. The predicted octanol–water partition coefficient (Wildman–Crippen LogP) is 4.31. The number of nitrogens with one attached hydrogen (secondary N) is 1. The van der Waals surface area contributed by atoms with E-state index in [1.54, 1.807) is 18.2 Å². The van der Waals surface area contributed by atoms with Crippen molar-refractivity contribution in [1.82, 2.24) is 0 Å². The van der Waals surface area contributed by atoms with Gasteiger partial charge < -0.3 is 5.32 Å². The Bertz CT molecular complexity index is 613. The van der Waals surface area contributed by atoms with Crippen molar-refractivity contribution in [2.24, 2.45) is 0 Å². The number of alkyl halides is 1. The van der Waals surface area contributed by atoms with Crippen molar-refractivity contribution < 1.29 is 9.18 Å². The molecule has 104 valence electrons. The number of rotatable bonds is 4. The molecule has 1 unspecified atom stereocenters. The molecule has 20 heavy (non-hydrogen) atoms. The summed E-state index contributed by atoms with van der Waals surface area (Å²) in [6.45, 7) is 1.85. The van der Waals surface area contributed by atoms with Crippen LogP contribution in [0, 0.1) is 5.82 Å². The van der Waals surface area contributed by atoms with Gasteiger partial charge in [0.2, 0.25) is 5.91 Å². The zero-order valence-corrected chi connectivity index (χ0v) is 11.8. The molecule has 0 heterocycles. The molecule has 0 spiro atoms. The van der Waals surface area contributed by atoms with Crippen LogP contribution in [-0.2, 0) is 11.2 Å². The summed E-state index contributed by atoms with van der Waals surface area (Å²) in [6.07, 6.45) is 0.128. The molecule has 1 N–H and O–H groups in total. The summed E-state index contributed by atoms with van der Waals surface area (Å²) in [5.41, 5.74) is 2.19. The number of anilines is 1. The zero-order valence-electron chi connectivity index (χ0n) is 11.1. The van der Waals surface area contributed by atoms with E-state index in [-0.39, 0.29) is 23.5 Å². The van der Waals surface area contributed by atoms with Gasteiger partial charge >= 0.3 is 0 Å². The average Bonchev–Trinajstić information content (AvgIpc) is 2.38. The minimum atomic E-state index is -0.343. The topological polar surface area (TPSA) is 29.1 Å². The summed E-state index contributed by atoms with van der Waals surface area (Å²) in [5, 5.41) is 2.62. The van der Waals surface area contributed by atoms with Gasteiger partial charge in [-0.2, -0.15) is 0 Å². The number of hydrogen-bond acceptors (Lipinski definition) is 1. The van der Waals surface area contributed by atoms with Gasteiger partial charge in [-0.3, -0.25) is 4.79 Å². The molecule has 1 atom stereocenters. The van der Waals surface area contributed by atoms with E-state index in [4.69, 9.17) is 11.6 Å². The molecular formula is C16H15ClFNO. The molecular weight excluding hydrogens is 277 g/mol. The van der Waals surface area contributed by atoms with Crippen LogP contribution in [0.1, 0.15) is 23.4 Å². The van der Waals surface area contributed by atoms with E-state index in [0.717, 1.165) is 5.56 Å². The maximum atomic E-state index is 13.1. The van der Waals surface area contributed by atoms with Gasteiger partial charge in [-0.05, 0) is 36.2 Å². The van der Waals surface area contributed by atoms with E-state index >= 15 is 0 Å². The average molecular weight is 292 g/mol. The monoisotopic (exact) mass is 291 g/mol. The molecule has 2 aromatic carbocycles. The largest absolute Gasteiger partial charge is 0.325 e. The summed E-state index contributed by atoms with van der Waals surface area (Å²) < 4.78 is 13.1. The summed E-state index contributed by atoms with van der Waals surface area (Å²) in [4.78, 5) is 12.0. The van der Waals surface area contributed by atoms with Crippen molar-refractivity contribution >= 4 is 23.2 Å². The molecule has 0 bridgehead atoms. The lowest BCUT2D eigenvalue weighted by Gasteiger charge is -2.12. The van der Waals surface area contributed by atoms with Gasteiger partial charge in [0, 0.05) is 5.69 Å². The number of para-hydroxylation sites is 1. The summed E-state index contributed by atoms with van der Waals surface area (Å²) in [5.74, 6) is -0.537. The van der Waals surface area contributed by atoms with Gasteiger partial charge in [-0.1, -0.05) is 30.3 Å². The van der Waals surface area contributed by atoms with Crippen molar-refractivity contribution in [3.63, 3.8) is 0 Å². The van der Waals surface area contributed by atoms with E-state index < -0.39 is 0 Å². The quantitative estimate of drug-likeness (QED) is 0.836. The molecule has 0 aliphatic heterocycles. The smallest absolute Gasteiger partial charge is 0.228 e. The van der Waals surface area contributed by atoms with Crippen molar-refractivity contribution in [1.29, 1.82) is 0 Å². The molecule has 2 aromatic rings. The number of carbonyl (C=O) groups excluding carboxylic acids is 1. The highest BCUT2D eigenvalue weighted by Crippen LogP contribution is 2.27. The molecule has 0 radical (unpaired) electrons. The van der Waals surface area contributed by atoms with Crippen LogP contribution in [0.5, 0.6) is 0 Å². The third-order valence-electron chi connectivity index (χ3n) is 2.92. The molecule has 0 aromatic heterocycles. The lowest BCUT2D eigenvalue weighted by Crippen LogP contribution is -2.15. The Labute approximate surface area is 122 Å². The summed E-state index contributed by atoms with van der Waals surface area (Å²) in [7, 11) is 0. The first kappa shape index (κ1) is 14.5. The van der Waals surface area contributed by atoms with Gasteiger partial charge in [0.1, 0.15) is 5.82 Å². The van der Waals surface area contributed by atoms with Crippen LogP contribution in [0.25, 0.3) is 0 Å². The fourth-order valence-corrected chi connectivity index (χ4v) is 2.17. The molecule has 4 heteroatoms. The highest BCUT2D eigenvalue weighted by molar-refractivity contribution is 6.21. The minimum absolute atomic E-state index is 0.128. The van der Waals surface area contributed by atoms with Gasteiger partial charge in [0.05, 0.1) is 11.8 Å². The summed E-state index contributed by atoms with van der Waals surface area (Å²) in [6, 6.07) is 13.4. The second-order valence-electron chi connectivity index (χ2n) is 4.56. The lowest BCUT2D eigenvalue weighted by molar-refractivity contribution is -0.115. The van der Waals surface area contributed by atoms with Crippen LogP contribution >= 0.6 is 11.6 Å². The second kappa shape index (κ2) is 6.53. The van der Waals surface area contributed by atoms with Crippen molar-refractivity contribution in [2.75, 3.05) is 5.32 Å². The number of carbonyl (C=O) groups is 1. The van der Waals surface area contributed by atoms with E-state index in [9.17, 15) is 9.18 Å². The fourth-order valence-electron chi connectivity index (χ4n) is 1.98. The van der Waals surface area contributed by atoms with Gasteiger partial charge in [0.25, 0.3) is 0 Å². The van der Waals surface area contributed by atoms with Gasteiger partial charge in [0.15, 0.2) is 0 Å². The molecule has 0 aliphatic rings. The molecule has 0 fully saturated rings. The number of amides is 1. The minimum Gasteiger partial charge on any atom is -0.325 e. The molecule has 2 nitrogen and oxygen atoms in total. The van der Waals surface area contributed by atoms with Crippen LogP contribution in [0.3, 0.4) is 0 Å². The Morgan fingerprint density at radius 2 is 2.00 bits per heavy atom. The normalized spacial score (nSPS) is 11.9. The second-order valence-corrected chi connectivity index (χ2v) is 5.21.